The highest BCUT2D eigenvalue weighted by Crippen LogP contribution is 2.29. The molecule has 1 aromatic heterocycles. The fourth-order valence-corrected chi connectivity index (χ4v) is 2.81. The van der Waals surface area contributed by atoms with E-state index in [9.17, 15) is 0 Å². The average Bonchev–Trinajstić information content (AvgIpc) is 2.71. The molecule has 0 aromatic carbocycles. The van der Waals surface area contributed by atoms with Crippen LogP contribution in [0.25, 0.3) is 0 Å². The van der Waals surface area contributed by atoms with Crippen molar-refractivity contribution < 1.29 is 0 Å². The minimum Gasteiger partial charge on any atom is -0.311 e. The van der Waals surface area contributed by atoms with Crippen LogP contribution in [0.4, 0.5) is 0 Å². The van der Waals surface area contributed by atoms with Gasteiger partial charge in [-0.2, -0.15) is 0 Å². The molecule has 0 saturated carbocycles. The van der Waals surface area contributed by atoms with E-state index in [0.717, 1.165) is 13.1 Å². The molecule has 92 valence electrons. The van der Waals surface area contributed by atoms with Gasteiger partial charge in [-0.05, 0) is 31.6 Å². The molecule has 1 heterocycles. The van der Waals surface area contributed by atoms with Crippen LogP contribution in [0.15, 0.2) is 5.51 Å². The van der Waals surface area contributed by atoms with E-state index in [2.05, 4.69) is 38.0 Å². The summed E-state index contributed by atoms with van der Waals surface area (Å²) in [5.41, 5.74) is 3.59. The Kier molecular flexibility index (Phi) is 5.42. The number of nitrogens with one attached hydrogen (secondary N) is 1. The van der Waals surface area contributed by atoms with Crippen LogP contribution in [0.5, 0.6) is 0 Å². The molecule has 0 atom stereocenters. The third-order valence-electron chi connectivity index (χ3n) is 3.88. The zero-order valence-electron chi connectivity index (χ0n) is 11.0. The zero-order chi connectivity index (χ0) is 12.0. The quantitative estimate of drug-likeness (QED) is 0.785. The molecule has 1 N–H and O–H groups in total. The van der Waals surface area contributed by atoms with Crippen LogP contribution in [-0.4, -0.2) is 11.5 Å². The van der Waals surface area contributed by atoms with E-state index in [-0.39, 0.29) is 0 Å². The minimum atomic E-state index is 0.485. The maximum Gasteiger partial charge on any atom is 0.0798 e. The van der Waals surface area contributed by atoms with Gasteiger partial charge in [-0.3, -0.25) is 0 Å². The van der Waals surface area contributed by atoms with E-state index in [0.29, 0.717) is 5.41 Å². The number of thiazole rings is 1. The van der Waals surface area contributed by atoms with Crippen LogP contribution >= 0.6 is 11.3 Å². The second kappa shape index (κ2) is 6.36. The third-order valence-corrected chi connectivity index (χ3v) is 4.82. The number of rotatable bonds is 7. The lowest BCUT2D eigenvalue weighted by Crippen LogP contribution is -2.32. The first kappa shape index (κ1) is 13.7. The van der Waals surface area contributed by atoms with Crippen LogP contribution in [0.3, 0.4) is 0 Å². The van der Waals surface area contributed by atoms with Crippen molar-refractivity contribution in [3.63, 3.8) is 0 Å². The van der Waals surface area contributed by atoms with Crippen molar-refractivity contribution in [1.29, 1.82) is 0 Å². The summed E-state index contributed by atoms with van der Waals surface area (Å²) in [4.78, 5) is 5.64. The summed E-state index contributed by atoms with van der Waals surface area (Å²) in [6, 6.07) is 0. The summed E-state index contributed by atoms with van der Waals surface area (Å²) in [5.74, 6) is 0. The molecule has 0 fully saturated rings. The van der Waals surface area contributed by atoms with E-state index < -0.39 is 0 Å². The predicted molar refractivity (Wildman–Crippen MR) is 71.9 cm³/mol. The Labute approximate surface area is 103 Å². The lowest BCUT2D eigenvalue weighted by atomic mass is 9.80. The maximum absolute atomic E-state index is 4.27. The van der Waals surface area contributed by atoms with Gasteiger partial charge in [0.2, 0.25) is 0 Å². The molecule has 1 aromatic rings. The SMILES string of the molecule is CCC(CC)(CC)CNCc1scnc1C. The first-order valence-electron chi connectivity index (χ1n) is 6.27. The summed E-state index contributed by atoms with van der Waals surface area (Å²) in [5, 5.41) is 3.59. The number of hydrogen-bond donors (Lipinski definition) is 1. The van der Waals surface area contributed by atoms with Crippen molar-refractivity contribution >= 4 is 11.3 Å². The first-order valence-corrected chi connectivity index (χ1v) is 7.15. The van der Waals surface area contributed by atoms with Gasteiger partial charge >= 0.3 is 0 Å². The van der Waals surface area contributed by atoms with Gasteiger partial charge in [0.15, 0.2) is 0 Å². The van der Waals surface area contributed by atoms with E-state index >= 15 is 0 Å². The highest BCUT2D eigenvalue weighted by Gasteiger charge is 2.23. The molecule has 0 radical (unpaired) electrons. The normalized spacial score (nSPS) is 12.0. The van der Waals surface area contributed by atoms with Crippen LogP contribution in [0, 0.1) is 12.3 Å². The monoisotopic (exact) mass is 240 g/mol. The molecular weight excluding hydrogens is 216 g/mol. The Morgan fingerprint density at radius 3 is 2.31 bits per heavy atom. The molecule has 0 aliphatic rings. The van der Waals surface area contributed by atoms with Gasteiger partial charge in [0.25, 0.3) is 0 Å². The smallest absolute Gasteiger partial charge is 0.0798 e. The van der Waals surface area contributed by atoms with E-state index in [1.54, 1.807) is 11.3 Å². The van der Waals surface area contributed by atoms with Gasteiger partial charge in [-0.1, -0.05) is 20.8 Å². The van der Waals surface area contributed by atoms with E-state index in [4.69, 9.17) is 0 Å². The van der Waals surface area contributed by atoms with Crippen molar-refractivity contribution in [2.24, 2.45) is 5.41 Å². The number of aromatic nitrogens is 1. The molecule has 16 heavy (non-hydrogen) atoms. The third kappa shape index (κ3) is 3.29. The maximum atomic E-state index is 4.27. The van der Waals surface area contributed by atoms with Crippen molar-refractivity contribution in [3.8, 4) is 0 Å². The van der Waals surface area contributed by atoms with Crippen molar-refractivity contribution in [1.82, 2.24) is 10.3 Å². The predicted octanol–water partition coefficient (Wildman–Crippen LogP) is 3.76. The highest BCUT2D eigenvalue weighted by atomic mass is 32.1. The molecule has 0 spiro atoms. The molecule has 1 rings (SSSR count). The largest absolute Gasteiger partial charge is 0.311 e. The Bertz CT molecular complexity index is 294. The highest BCUT2D eigenvalue weighted by molar-refractivity contribution is 7.09. The first-order chi connectivity index (χ1) is 7.67. The topological polar surface area (TPSA) is 24.9 Å². The van der Waals surface area contributed by atoms with E-state index in [1.165, 1.54) is 29.8 Å². The zero-order valence-corrected chi connectivity index (χ0v) is 11.8. The standard InChI is InChI=1S/C13H24N2S/c1-5-13(6-2,7-3)9-14-8-12-11(4)15-10-16-12/h10,14H,5-9H2,1-4H3. The van der Waals surface area contributed by atoms with Gasteiger partial charge in [-0.25, -0.2) is 4.98 Å². The van der Waals surface area contributed by atoms with Crippen molar-refractivity contribution in [2.45, 2.75) is 53.5 Å². The second-order valence-corrected chi connectivity index (χ2v) is 5.46. The Balaban J connectivity index is 2.42. The van der Waals surface area contributed by atoms with Gasteiger partial charge in [0.1, 0.15) is 0 Å². The van der Waals surface area contributed by atoms with E-state index in [1.807, 2.05) is 5.51 Å². The fourth-order valence-electron chi connectivity index (χ4n) is 2.06. The molecule has 0 amide bonds. The molecular formula is C13H24N2S. The molecule has 0 bridgehead atoms. The molecule has 0 aliphatic heterocycles. The molecule has 0 saturated heterocycles. The number of aryl methyl sites for hydroxylation is 1. The summed E-state index contributed by atoms with van der Waals surface area (Å²) in [7, 11) is 0. The minimum absolute atomic E-state index is 0.485. The summed E-state index contributed by atoms with van der Waals surface area (Å²) >= 11 is 1.75. The Morgan fingerprint density at radius 2 is 1.88 bits per heavy atom. The summed E-state index contributed by atoms with van der Waals surface area (Å²) in [6.07, 6.45) is 3.78. The number of nitrogens with zero attached hydrogens (tertiary/aromatic N) is 1. The lowest BCUT2D eigenvalue weighted by Gasteiger charge is -2.30. The second-order valence-electron chi connectivity index (χ2n) is 4.53. The molecule has 3 heteroatoms. The Morgan fingerprint density at radius 1 is 1.25 bits per heavy atom. The van der Waals surface area contributed by atoms with Crippen LogP contribution in [-0.2, 0) is 6.54 Å². The fraction of sp³-hybridized carbons (Fsp3) is 0.769. The lowest BCUT2D eigenvalue weighted by molar-refractivity contribution is 0.238. The van der Waals surface area contributed by atoms with Gasteiger partial charge in [-0.15, -0.1) is 11.3 Å². The van der Waals surface area contributed by atoms with Crippen molar-refractivity contribution in [2.75, 3.05) is 6.54 Å². The van der Waals surface area contributed by atoms with Crippen molar-refractivity contribution in [3.05, 3.63) is 16.1 Å². The number of hydrogen-bond acceptors (Lipinski definition) is 3. The summed E-state index contributed by atoms with van der Waals surface area (Å²) in [6.45, 7) is 11.1. The van der Waals surface area contributed by atoms with Gasteiger partial charge in [0.05, 0.1) is 11.2 Å². The van der Waals surface area contributed by atoms with Crippen LogP contribution < -0.4 is 5.32 Å². The van der Waals surface area contributed by atoms with Gasteiger partial charge < -0.3 is 5.32 Å². The molecule has 0 aliphatic carbocycles. The van der Waals surface area contributed by atoms with Crippen LogP contribution in [0.2, 0.25) is 0 Å². The molecule has 2 nitrogen and oxygen atoms in total. The van der Waals surface area contributed by atoms with Crippen LogP contribution in [0.1, 0.15) is 50.6 Å². The average molecular weight is 240 g/mol. The molecule has 0 unspecified atom stereocenters. The summed E-state index contributed by atoms with van der Waals surface area (Å²) < 4.78 is 0. The Hall–Kier alpha value is -0.410. The van der Waals surface area contributed by atoms with Gasteiger partial charge in [0, 0.05) is 18.0 Å².